The second-order valence-electron chi connectivity index (χ2n) is 4.57. The van der Waals surface area contributed by atoms with Gasteiger partial charge in [-0.1, -0.05) is 0 Å². The van der Waals surface area contributed by atoms with Gasteiger partial charge < -0.3 is 15.0 Å². The number of hydrogen-bond donors (Lipinski definition) is 1. The molecule has 0 spiro atoms. The third-order valence-corrected chi connectivity index (χ3v) is 2.88. The Hall–Kier alpha value is -2.25. The standard InChI is InChI=1S/C13H13F3N2O3/c14-13(15,16)21-11-5-3-9(4-6-11)17-12(20)18-7-1-2-10(19)8-18/h3-6H,1-2,7-8H2,(H,17,20). The van der Waals surface area contributed by atoms with Gasteiger partial charge in [0.2, 0.25) is 0 Å². The van der Waals surface area contributed by atoms with Crippen LogP contribution >= 0.6 is 0 Å². The minimum Gasteiger partial charge on any atom is -0.406 e. The molecule has 0 unspecified atom stereocenters. The normalized spacial score (nSPS) is 15.8. The Morgan fingerprint density at radius 1 is 1.24 bits per heavy atom. The minimum atomic E-state index is -4.75. The zero-order valence-corrected chi connectivity index (χ0v) is 10.9. The average molecular weight is 302 g/mol. The first-order valence-electron chi connectivity index (χ1n) is 6.27. The molecular formula is C13H13F3N2O3. The molecule has 0 aromatic heterocycles. The third-order valence-electron chi connectivity index (χ3n) is 2.88. The summed E-state index contributed by atoms with van der Waals surface area (Å²) in [6.07, 6.45) is -3.67. The summed E-state index contributed by atoms with van der Waals surface area (Å²) in [5, 5.41) is 2.52. The second-order valence-corrected chi connectivity index (χ2v) is 4.57. The van der Waals surface area contributed by atoms with Crippen molar-refractivity contribution < 1.29 is 27.5 Å². The van der Waals surface area contributed by atoms with Crippen molar-refractivity contribution >= 4 is 17.5 Å². The summed E-state index contributed by atoms with van der Waals surface area (Å²) in [5.74, 6) is -0.376. The van der Waals surface area contributed by atoms with Gasteiger partial charge in [-0.05, 0) is 30.7 Å². The topological polar surface area (TPSA) is 58.6 Å². The summed E-state index contributed by atoms with van der Waals surface area (Å²) in [4.78, 5) is 24.5. The van der Waals surface area contributed by atoms with Crippen LogP contribution in [-0.2, 0) is 4.79 Å². The van der Waals surface area contributed by atoms with Crippen molar-refractivity contribution in [3.63, 3.8) is 0 Å². The molecule has 0 aliphatic carbocycles. The number of likely N-dealkylation sites (tertiary alicyclic amines) is 1. The molecule has 8 heteroatoms. The summed E-state index contributed by atoms with van der Waals surface area (Å²) >= 11 is 0. The number of ether oxygens (including phenoxy) is 1. The predicted octanol–water partition coefficient (Wildman–Crippen LogP) is 2.78. The van der Waals surface area contributed by atoms with Crippen molar-refractivity contribution in [3.05, 3.63) is 24.3 Å². The first-order valence-corrected chi connectivity index (χ1v) is 6.27. The number of Topliss-reactive ketones (excluding diaryl/α,β-unsaturated/α-hetero) is 1. The van der Waals surface area contributed by atoms with Crippen molar-refractivity contribution in [3.8, 4) is 5.75 Å². The van der Waals surface area contributed by atoms with E-state index in [4.69, 9.17) is 0 Å². The predicted molar refractivity (Wildman–Crippen MR) is 68.0 cm³/mol. The van der Waals surface area contributed by atoms with Crippen LogP contribution < -0.4 is 10.1 Å². The molecule has 0 saturated carbocycles. The van der Waals surface area contributed by atoms with Crippen molar-refractivity contribution in [1.29, 1.82) is 0 Å². The fraction of sp³-hybridized carbons (Fsp3) is 0.385. The highest BCUT2D eigenvalue weighted by Crippen LogP contribution is 2.24. The van der Waals surface area contributed by atoms with Gasteiger partial charge >= 0.3 is 12.4 Å². The molecule has 1 aliphatic heterocycles. The molecule has 1 N–H and O–H groups in total. The van der Waals surface area contributed by atoms with E-state index in [-0.39, 0.29) is 18.1 Å². The minimum absolute atomic E-state index is 0.00896. The summed E-state index contributed by atoms with van der Waals surface area (Å²) in [6.45, 7) is 0.536. The first kappa shape index (κ1) is 15.1. The lowest BCUT2D eigenvalue weighted by Gasteiger charge is -2.25. The van der Waals surface area contributed by atoms with Gasteiger partial charge in [0, 0.05) is 18.7 Å². The molecule has 1 fully saturated rings. The van der Waals surface area contributed by atoms with Gasteiger partial charge in [0.25, 0.3) is 0 Å². The second kappa shape index (κ2) is 6.02. The van der Waals surface area contributed by atoms with Gasteiger partial charge in [-0.3, -0.25) is 4.79 Å². The zero-order chi connectivity index (χ0) is 15.5. The van der Waals surface area contributed by atoms with Gasteiger partial charge in [-0.15, -0.1) is 13.2 Å². The lowest BCUT2D eigenvalue weighted by Crippen LogP contribution is -2.42. The highest BCUT2D eigenvalue weighted by molar-refractivity contribution is 5.93. The zero-order valence-electron chi connectivity index (χ0n) is 10.9. The van der Waals surface area contributed by atoms with Gasteiger partial charge in [-0.2, -0.15) is 0 Å². The van der Waals surface area contributed by atoms with E-state index in [2.05, 4.69) is 10.1 Å². The average Bonchev–Trinajstić information content (AvgIpc) is 2.39. The molecule has 1 saturated heterocycles. The summed E-state index contributed by atoms with van der Waals surface area (Å²) in [5.41, 5.74) is 0.326. The number of urea groups is 1. The molecule has 2 rings (SSSR count). The van der Waals surface area contributed by atoms with Crippen molar-refractivity contribution in [2.45, 2.75) is 19.2 Å². The number of carbonyl (C=O) groups is 2. The van der Waals surface area contributed by atoms with Crippen molar-refractivity contribution in [2.75, 3.05) is 18.4 Å². The molecule has 0 bridgehead atoms. The molecule has 21 heavy (non-hydrogen) atoms. The Labute approximate surface area is 118 Å². The number of nitrogens with one attached hydrogen (secondary N) is 1. The highest BCUT2D eigenvalue weighted by atomic mass is 19.4. The van der Waals surface area contributed by atoms with Crippen LogP contribution in [0.15, 0.2) is 24.3 Å². The molecule has 1 heterocycles. The molecular weight excluding hydrogens is 289 g/mol. The van der Waals surface area contributed by atoms with Crippen LogP contribution in [0.25, 0.3) is 0 Å². The van der Waals surface area contributed by atoms with E-state index in [0.717, 1.165) is 12.1 Å². The molecule has 1 aliphatic rings. The molecule has 1 aromatic rings. The maximum absolute atomic E-state index is 12.0. The van der Waals surface area contributed by atoms with E-state index in [0.29, 0.717) is 25.1 Å². The third kappa shape index (κ3) is 4.66. The van der Waals surface area contributed by atoms with Crippen LogP contribution in [0.1, 0.15) is 12.8 Å². The maximum atomic E-state index is 12.0. The Morgan fingerprint density at radius 3 is 2.48 bits per heavy atom. The number of ketones is 1. The summed E-state index contributed by atoms with van der Waals surface area (Å²) < 4.78 is 39.7. The maximum Gasteiger partial charge on any atom is 0.573 e. The largest absolute Gasteiger partial charge is 0.573 e. The fourth-order valence-electron chi connectivity index (χ4n) is 1.95. The number of hydrogen-bond acceptors (Lipinski definition) is 3. The van der Waals surface area contributed by atoms with E-state index >= 15 is 0 Å². The Balaban J connectivity index is 1.93. The number of benzene rings is 1. The smallest absolute Gasteiger partial charge is 0.406 e. The highest BCUT2D eigenvalue weighted by Gasteiger charge is 2.31. The van der Waals surface area contributed by atoms with Gasteiger partial charge in [-0.25, -0.2) is 4.79 Å². The van der Waals surface area contributed by atoms with Crippen LogP contribution in [0.4, 0.5) is 23.7 Å². The van der Waals surface area contributed by atoms with Gasteiger partial charge in [0.1, 0.15) is 5.75 Å². The van der Waals surface area contributed by atoms with Crippen LogP contribution in [0.2, 0.25) is 0 Å². The Kier molecular flexibility index (Phi) is 4.35. The number of nitrogens with zero attached hydrogens (tertiary/aromatic N) is 1. The number of piperidine rings is 1. The molecule has 5 nitrogen and oxygen atoms in total. The first-order chi connectivity index (χ1) is 9.83. The Morgan fingerprint density at radius 2 is 1.90 bits per heavy atom. The van der Waals surface area contributed by atoms with Crippen LogP contribution in [-0.4, -0.2) is 36.2 Å². The van der Waals surface area contributed by atoms with Gasteiger partial charge in [0.05, 0.1) is 6.54 Å². The summed E-state index contributed by atoms with van der Waals surface area (Å²) in [7, 11) is 0. The summed E-state index contributed by atoms with van der Waals surface area (Å²) in [6, 6.07) is 4.34. The van der Waals surface area contributed by atoms with E-state index in [1.54, 1.807) is 0 Å². The lowest BCUT2D eigenvalue weighted by molar-refractivity contribution is -0.274. The van der Waals surface area contributed by atoms with Crippen molar-refractivity contribution in [2.24, 2.45) is 0 Å². The van der Waals surface area contributed by atoms with E-state index < -0.39 is 12.4 Å². The van der Waals surface area contributed by atoms with Gasteiger partial charge in [0.15, 0.2) is 5.78 Å². The van der Waals surface area contributed by atoms with Crippen LogP contribution in [0, 0.1) is 0 Å². The molecule has 0 atom stereocenters. The van der Waals surface area contributed by atoms with E-state index in [9.17, 15) is 22.8 Å². The monoisotopic (exact) mass is 302 g/mol. The number of halogens is 3. The molecule has 0 radical (unpaired) electrons. The van der Waals surface area contributed by atoms with E-state index in [1.807, 2.05) is 0 Å². The lowest BCUT2D eigenvalue weighted by atomic mass is 10.1. The van der Waals surface area contributed by atoms with Crippen LogP contribution in [0.3, 0.4) is 0 Å². The number of carbonyl (C=O) groups excluding carboxylic acids is 2. The quantitative estimate of drug-likeness (QED) is 0.914. The fourth-order valence-corrected chi connectivity index (χ4v) is 1.95. The molecule has 1 aromatic carbocycles. The molecule has 114 valence electrons. The number of rotatable bonds is 2. The van der Waals surface area contributed by atoms with Crippen molar-refractivity contribution in [1.82, 2.24) is 4.90 Å². The molecule has 2 amide bonds. The Bertz CT molecular complexity index is 528. The number of anilines is 1. The SMILES string of the molecule is O=C1CCCN(C(=O)Nc2ccc(OC(F)(F)F)cc2)C1. The number of amides is 2. The van der Waals surface area contributed by atoms with E-state index in [1.165, 1.54) is 17.0 Å². The van der Waals surface area contributed by atoms with Crippen LogP contribution in [0.5, 0.6) is 5.75 Å². The number of alkyl halides is 3.